The van der Waals surface area contributed by atoms with Crippen LogP contribution in [0.5, 0.6) is 0 Å². The number of carbonyl (C=O) groups is 1. The average molecular weight is 409 g/mol. The molecule has 5 nitrogen and oxygen atoms in total. The summed E-state index contributed by atoms with van der Waals surface area (Å²) in [6, 6.07) is 15.3. The lowest BCUT2D eigenvalue weighted by atomic mass is 10.0. The Morgan fingerprint density at radius 2 is 1.82 bits per heavy atom. The number of rotatable bonds is 4. The Bertz CT molecular complexity index is 1170. The van der Waals surface area contributed by atoms with Crippen molar-refractivity contribution >= 4 is 56.3 Å². The molecule has 4 aromatic rings. The van der Waals surface area contributed by atoms with Gasteiger partial charge in [0.15, 0.2) is 0 Å². The molecule has 4 rings (SSSR count). The minimum absolute atomic E-state index is 0.111. The Kier molecular flexibility index (Phi) is 4.98. The molecular weight excluding hydrogens is 392 g/mol. The molecule has 0 aliphatic heterocycles. The number of nitrogens with zero attached hydrogens (tertiary/aromatic N) is 2. The van der Waals surface area contributed by atoms with E-state index in [9.17, 15) is 4.79 Å². The Labute approximate surface area is 171 Å². The van der Waals surface area contributed by atoms with Crippen LogP contribution in [0.4, 0.5) is 17.2 Å². The second-order valence-electron chi connectivity index (χ2n) is 6.33. The molecule has 2 aromatic carbocycles. The molecule has 1 amide bonds. The highest BCUT2D eigenvalue weighted by atomic mass is 35.5. The summed E-state index contributed by atoms with van der Waals surface area (Å²) in [7, 11) is 0. The number of benzene rings is 2. The molecule has 0 atom stereocenters. The number of aromatic nitrogens is 2. The number of anilines is 3. The molecule has 0 bridgehead atoms. The van der Waals surface area contributed by atoms with Gasteiger partial charge in [-0.15, -0.1) is 11.3 Å². The summed E-state index contributed by atoms with van der Waals surface area (Å²) in [5.41, 5.74) is 3.72. The lowest BCUT2D eigenvalue weighted by Crippen LogP contribution is -2.05. The lowest BCUT2D eigenvalue weighted by Gasteiger charge is -2.10. The first-order chi connectivity index (χ1) is 13.5. The molecular formula is C21H17ClN4OS. The molecule has 0 radical (unpaired) electrons. The van der Waals surface area contributed by atoms with Crippen molar-refractivity contribution in [1.82, 2.24) is 9.97 Å². The van der Waals surface area contributed by atoms with E-state index in [1.165, 1.54) is 6.92 Å². The smallest absolute Gasteiger partial charge is 0.221 e. The van der Waals surface area contributed by atoms with Crippen molar-refractivity contribution in [3.05, 3.63) is 64.8 Å². The summed E-state index contributed by atoms with van der Waals surface area (Å²) < 4.78 is 0. The van der Waals surface area contributed by atoms with Gasteiger partial charge in [0.25, 0.3) is 0 Å². The largest absolute Gasteiger partial charge is 0.340 e. The van der Waals surface area contributed by atoms with E-state index in [4.69, 9.17) is 11.6 Å². The van der Waals surface area contributed by atoms with Crippen molar-refractivity contribution < 1.29 is 4.79 Å². The highest BCUT2D eigenvalue weighted by Crippen LogP contribution is 2.41. The summed E-state index contributed by atoms with van der Waals surface area (Å²) >= 11 is 7.69. The van der Waals surface area contributed by atoms with Crippen molar-refractivity contribution in [3.8, 4) is 11.1 Å². The third kappa shape index (κ3) is 3.69. The highest BCUT2D eigenvalue weighted by molar-refractivity contribution is 7.19. The molecule has 0 aliphatic carbocycles. The van der Waals surface area contributed by atoms with Crippen molar-refractivity contribution in [1.29, 1.82) is 0 Å². The van der Waals surface area contributed by atoms with Gasteiger partial charge < -0.3 is 10.6 Å². The zero-order chi connectivity index (χ0) is 19.7. The third-order valence-corrected chi connectivity index (χ3v) is 5.51. The van der Waals surface area contributed by atoms with Gasteiger partial charge in [-0.05, 0) is 42.8 Å². The van der Waals surface area contributed by atoms with E-state index in [1.807, 2.05) is 48.5 Å². The van der Waals surface area contributed by atoms with E-state index in [0.29, 0.717) is 5.02 Å². The molecule has 7 heteroatoms. The molecule has 0 fully saturated rings. The van der Waals surface area contributed by atoms with Gasteiger partial charge in [-0.25, -0.2) is 9.97 Å². The molecule has 2 N–H and O–H groups in total. The fourth-order valence-electron chi connectivity index (χ4n) is 3.12. The van der Waals surface area contributed by atoms with E-state index >= 15 is 0 Å². The van der Waals surface area contributed by atoms with Gasteiger partial charge in [0, 0.05) is 33.8 Å². The van der Waals surface area contributed by atoms with Gasteiger partial charge in [0.2, 0.25) is 5.91 Å². The summed E-state index contributed by atoms with van der Waals surface area (Å²) in [6.45, 7) is 3.57. The molecule has 0 saturated carbocycles. The Morgan fingerprint density at radius 1 is 1.07 bits per heavy atom. The highest BCUT2D eigenvalue weighted by Gasteiger charge is 2.17. The van der Waals surface area contributed by atoms with Crippen LogP contribution in [0.15, 0.2) is 54.9 Å². The fraction of sp³-hybridized carbons (Fsp3) is 0.0952. The van der Waals surface area contributed by atoms with Crippen LogP contribution >= 0.6 is 22.9 Å². The number of fused-ring (bicyclic) bond motifs is 1. The second kappa shape index (κ2) is 7.58. The standard InChI is InChI=1S/C21H17ClN4OS/c1-12-18(14-6-8-15(22)9-7-14)19-20(23-11-24-21(19)28-12)26-17-5-3-4-16(10-17)25-13(2)27/h3-11H,1-2H3,(H,25,27)(H,23,24,26). The summed E-state index contributed by atoms with van der Waals surface area (Å²) in [4.78, 5) is 22.3. The van der Waals surface area contributed by atoms with Gasteiger partial charge in [-0.1, -0.05) is 29.8 Å². The maximum atomic E-state index is 11.3. The van der Waals surface area contributed by atoms with Crippen molar-refractivity contribution in [2.24, 2.45) is 0 Å². The number of nitrogens with one attached hydrogen (secondary N) is 2. The first-order valence-electron chi connectivity index (χ1n) is 8.66. The van der Waals surface area contributed by atoms with Crippen LogP contribution in [0, 0.1) is 6.92 Å². The predicted octanol–water partition coefficient (Wildman–Crippen LogP) is 6.02. The number of hydrogen-bond donors (Lipinski definition) is 2. The molecule has 2 heterocycles. The zero-order valence-corrected chi connectivity index (χ0v) is 16.9. The van der Waals surface area contributed by atoms with E-state index in [0.717, 1.165) is 43.4 Å². The second-order valence-corrected chi connectivity index (χ2v) is 7.97. The molecule has 28 heavy (non-hydrogen) atoms. The molecule has 2 aromatic heterocycles. The van der Waals surface area contributed by atoms with Gasteiger partial charge >= 0.3 is 0 Å². The minimum atomic E-state index is -0.111. The van der Waals surface area contributed by atoms with Crippen LogP contribution in [0.1, 0.15) is 11.8 Å². The topological polar surface area (TPSA) is 66.9 Å². The normalized spacial score (nSPS) is 10.8. The van der Waals surface area contributed by atoms with Crippen molar-refractivity contribution in [3.63, 3.8) is 0 Å². The molecule has 0 unspecified atom stereocenters. The zero-order valence-electron chi connectivity index (χ0n) is 15.3. The third-order valence-electron chi connectivity index (χ3n) is 4.24. The maximum absolute atomic E-state index is 11.3. The Hall–Kier alpha value is -2.96. The van der Waals surface area contributed by atoms with Crippen LogP contribution in [0.25, 0.3) is 21.3 Å². The van der Waals surface area contributed by atoms with Crippen LogP contribution in [0.2, 0.25) is 5.02 Å². The quantitative estimate of drug-likeness (QED) is 0.433. The maximum Gasteiger partial charge on any atom is 0.221 e. The van der Waals surface area contributed by atoms with Crippen LogP contribution in [0.3, 0.4) is 0 Å². The summed E-state index contributed by atoms with van der Waals surface area (Å²) in [6.07, 6.45) is 1.56. The summed E-state index contributed by atoms with van der Waals surface area (Å²) in [5.74, 6) is 0.610. The fourth-order valence-corrected chi connectivity index (χ4v) is 4.26. The van der Waals surface area contributed by atoms with Gasteiger partial charge in [-0.3, -0.25) is 4.79 Å². The Morgan fingerprint density at radius 3 is 2.57 bits per heavy atom. The Balaban J connectivity index is 1.80. The monoisotopic (exact) mass is 408 g/mol. The molecule has 140 valence electrons. The van der Waals surface area contributed by atoms with E-state index in [-0.39, 0.29) is 5.91 Å². The number of carbonyl (C=O) groups excluding carboxylic acids is 1. The van der Waals surface area contributed by atoms with Gasteiger partial charge in [0.05, 0.1) is 5.39 Å². The van der Waals surface area contributed by atoms with Gasteiger partial charge in [-0.2, -0.15) is 0 Å². The van der Waals surface area contributed by atoms with E-state index < -0.39 is 0 Å². The predicted molar refractivity (Wildman–Crippen MR) is 117 cm³/mol. The number of thiophene rings is 1. The number of halogens is 1. The average Bonchev–Trinajstić information content (AvgIpc) is 2.99. The number of hydrogen-bond acceptors (Lipinski definition) is 5. The van der Waals surface area contributed by atoms with Crippen LogP contribution in [-0.2, 0) is 4.79 Å². The lowest BCUT2D eigenvalue weighted by molar-refractivity contribution is -0.114. The van der Waals surface area contributed by atoms with Crippen molar-refractivity contribution in [2.45, 2.75) is 13.8 Å². The first kappa shape index (κ1) is 18.4. The minimum Gasteiger partial charge on any atom is -0.340 e. The van der Waals surface area contributed by atoms with E-state index in [2.05, 4.69) is 27.5 Å². The number of amides is 1. The van der Waals surface area contributed by atoms with Crippen LogP contribution in [-0.4, -0.2) is 15.9 Å². The SMILES string of the molecule is CC(=O)Nc1cccc(Nc2ncnc3sc(C)c(-c4ccc(Cl)cc4)c23)c1. The first-order valence-corrected chi connectivity index (χ1v) is 9.85. The van der Waals surface area contributed by atoms with E-state index in [1.54, 1.807) is 17.7 Å². The van der Waals surface area contributed by atoms with Gasteiger partial charge in [0.1, 0.15) is 17.0 Å². The molecule has 0 spiro atoms. The molecule has 0 saturated heterocycles. The molecule has 0 aliphatic rings. The van der Waals surface area contributed by atoms with Crippen molar-refractivity contribution in [2.75, 3.05) is 10.6 Å². The number of aryl methyl sites for hydroxylation is 1. The summed E-state index contributed by atoms with van der Waals surface area (Å²) in [5, 5.41) is 7.84. The van der Waals surface area contributed by atoms with Crippen LogP contribution < -0.4 is 10.6 Å².